The van der Waals surface area contributed by atoms with Crippen molar-refractivity contribution in [1.82, 2.24) is 5.32 Å². The molecule has 2 aliphatic rings. The van der Waals surface area contributed by atoms with Crippen molar-refractivity contribution in [2.75, 3.05) is 39.5 Å². The number of guanidine groups is 1. The van der Waals surface area contributed by atoms with Gasteiger partial charge < -0.3 is 20.5 Å². The van der Waals surface area contributed by atoms with E-state index in [1.807, 2.05) is 0 Å². The van der Waals surface area contributed by atoms with Gasteiger partial charge in [0.05, 0.1) is 0 Å². The first kappa shape index (κ1) is 15.6. The van der Waals surface area contributed by atoms with Crippen LogP contribution in [0.25, 0.3) is 0 Å². The Bertz CT molecular complexity index is 287. The fraction of sp³-hybridized carbons (Fsp3) is 0.933. The molecule has 1 heterocycles. The molecule has 0 radical (unpaired) electrons. The Labute approximate surface area is 122 Å². The second kappa shape index (κ2) is 9.19. The zero-order valence-electron chi connectivity index (χ0n) is 12.5. The molecule has 0 aromatic rings. The van der Waals surface area contributed by atoms with Crippen LogP contribution in [0.5, 0.6) is 0 Å². The average molecular weight is 283 g/mol. The lowest BCUT2D eigenvalue weighted by molar-refractivity contribution is 0.0203. The maximum atomic E-state index is 5.82. The molecule has 0 atom stereocenters. The summed E-state index contributed by atoms with van der Waals surface area (Å²) in [6, 6.07) is 0. The minimum atomic E-state index is 0.585. The largest absolute Gasteiger partial charge is 0.381 e. The molecule has 0 spiro atoms. The number of hydrogen-bond acceptors (Lipinski definition) is 3. The summed E-state index contributed by atoms with van der Waals surface area (Å²) in [4.78, 5) is 4.37. The zero-order chi connectivity index (χ0) is 14.0. The summed E-state index contributed by atoms with van der Waals surface area (Å²) in [5, 5.41) is 3.15. The molecule has 0 aromatic carbocycles. The van der Waals surface area contributed by atoms with Crippen molar-refractivity contribution in [3.63, 3.8) is 0 Å². The summed E-state index contributed by atoms with van der Waals surface area (Å²) in [6.45, 7) is 5.18. The first-order valence-corrected chi connectivity index (χ1v) is 8.04. The van der Waals surface area contributed by atoms with E-state index in [4.69, 9.17) is 15.2 Å². The van der Waals surface area contributed by atoms with Gasteiger partial charge in [-0.1, -0.05) is 6.42 Å². The van der Waals surface area contributed by atoms with Gasteiger partial charge in [-0.05, 0) is 43.9 Å². The van der Waals surface area contributed by atoms with Gasteiger partial charge in [-0.25, -0.2) is 0 Å². The molecule has 1 saturated heterocycles. The summed E-state index contributed by atoms with van der Waals surface area (Å²) in [5.74, 6) is 2.05. The molecule has 5 nitrogen and oxygen atoms in total. The van der Waals surface area contributed by atoms with Gasteiger partial charge >= 0.3 is 0 Å². The van der Waals surface area contributed by atoms with Gasteiger partial charge in [0.25, 0.3) is 0 Å². The van der Waals surface area contributed by atoms with Gasteiger partial charge in [0.1, 0.15) is 0 Å². The summed E-state index contributed by atoms with van der Waals surface area (Å²) in [7, 11) is 0. The minimum Gasteiger partial charge on any atom is -0.381 e. The Morgan fingerprint density at radius 3 is 2.70 bits per heavy atom. The van der Waals surface area contributed by atoms with Crippen molar-refractivity contribution in [3.05, 3.63) is 0 Å². The number of nitrogens with zero attached hydrogens (tertiary/aromatic N) is 1. The van der Waals surface area contributed by atoms with Crippen LogP contribution in [0.1, 0.15) is 38.5 Å². The third-order valence-corrected chi connectivity index (χ3v) is 4.21. The van der Waals surface area contributed by atoms with E-state index in [0.717, 1.165) is 64.7 Å². The highest BCUT2D eigenvalue weighted by Gasteiger charge is 2.16. The molecule has 0 unspecified atom stereocenters. The maximum absolute atomic E-state index is 5.82. The lowest BCUT2D eigenvalue weighted by atomic mass is 9.86. The Morgan fingerprint density at radius 1 is 1.20 bits per heavy atom. The second-order valence-corrected chi connectivity index (χ2v) is 5.93. The third-order valence-electron chi connectivity index (χ3n) is 4.21. The molecule has 2 rings (SSSR count). The molecule has 2 fully saturated rings. The molecular weight excluding hydrogens is 254 g/mol. The number of hydrogen-bond donors (Lipinski definition) is 2. The summed E-state index contributed by atoms with van der Waals surface area (Å²) >= 11 is 0. The van der Waals surface area contributed by atoms with E-state index in [1.54, 1.807) is 0 Å². The molecule has 1 aliphatic heterocycles. The van der Waals surface area contributed by atoms with Crippen molar-refractivity contribution in [3.8, 4) is 0 Å². The Kier molecular flexibility index (Phi) is 7.15. The standard InChI is InChI=1S/C15H29N3O2/c16-15(18-11-13-3-1-4-13)17-7-2-8-20-12-14-5-9-19-10-6-14/h13-14H,1-12H2,(H3,16,17,18). The summed E-state index contributed by atoms with van der Waals surface area (Å²) in [5.41, 5.74) is 5.82. The molecule has 0 aromatic heterocycles. The van der Waals surface area contributed by atoms with Gasteiger partial charge in [-0.15, -0.1) is 0 Å². The zero-order valence-corrected chi connectivity index (χ0v) is 12.5. The first-order valence-electron chi connectivity index (χ1n) is 8.04. The first-order chi connectivity index (χ1) is 9.84. The molecule has 1 aliphatic carbocycles. The number of nitrogens with two attached hydrogens (primary N) is 1. The molecule has 20 heavy (non-hydrogen) atoms. The normalized spacial score (nSPS) is 21.7. The van der Waals surface area contributed by atoms with Gasteiger partial charge in [0.15, 0.2) is 5.96 Å². The van der Waals surface area contributed by atoms with Crippen LogP contribution in [-0.4, -0.2) is 45.5 Å². The van der Waals surface area contributed by atoms with Crippen LogP contribution in [-0.2, 0) is 9.47 Å². The Balaban J connectivity index is 1.40. The van der Waals surface area contributed by atoms with E-state index < -0.39 is 0 Å². The lowest BCUT2D eigenvalue weighted by Crippen LogP contribution is -2.34. The van der Waals surface area contributed by atoms with E-state index in [-0.39, 0.29) is 0 Å². The third kappa shape index (κ3) is 6.09. The molecule has 1 saturated carbocycles. The van der Waals surface area contributed by atoms with Crippen LogP contribution in [0.15, 0.2) is 4.99 Å². The number of nitrogens with one attached hydrogen (secondary N) is 1. The Morgan fingerprint density at radius 2 is 2.00 bits per heavy atom. The Hall–Kier alpha value is -0.810. The average Bonchev–Trinajstić information content (AvgIpc) is 2.42. The summed E-state index contributed by atoms with van der Waals surface area (Å²) < 4.78 is 11.0. The van der Waals surface area contributed by atoms with E-state index >= 15 is 0 Å². The van der Waals surface area contributed by atoms with Crippen LogP contribution < -0.4 is 11.1 Å². The predicted molar refractivity (Wildman–Crippen MR) is 80.8 cm³/mol. The minimum absolute atomic E-state index is 0.585. The van der Waals surface area contributed by atoms with Crippen molar-refractivity contribution < 1.29 is 9.47 Å². The van der Waals surface area contributed by atoms with Crippen molar-refractivity contribution >= 4 is 5.96 Å². The fourth-order valence-corrected chi connectivity index (χ4v) is 2.51. The number of ether oxygens (including phenoxy) is 2. The topological polar surface area (TPSA) is 68.9 Å². The van der Waals surface area contributed by atoms with Crippen LogP contribution in [0.3, 0.4) is 0 Å². The maximum Gasteiger partial charge on any atom is 0.188 e. The molecule has 0 amide bonds. The monoisotopic (exact) mass is 283 g/mol. The van der Waals surface area contributed by atoms with Crippen LogP contribution in [0, 0.1) is 11.8 Å². The number of aliphatic imine (C=N–C) groups is 1. The van der Waals surface area contributed by atoms with Gasteiger partial charge in [0.2, 0.25) is 0 Å². The van der Waals surface area contributed by atoms with E-state index in [1.165, 1.54) is 19.3 Å². The lowest BCUT2D eigenvalue weighted by Gasteiger charge is -2.23. The van der Waals surface area contributed by atoms with Crippen molar-refractivity contribution in [2.45, 2.75) is 38.5 Å². The van der Waals surface area contributed by atoms with Crippen molar-refractivity contribution in [1.29, 1.82) is 0 Å². The molecule has 3 N–H and O–H groups in total. The summed E-state index contributed by atoms with van der Waals surface area (Å²) in [6.07, 6.45) is 7.24. The fourth-order valence-electron chi connectivity index (χ4n) is 2.51. The highest BCUT2D eigenvalue weighted by Crippen LogP contribution is 2.26. The van der Waals surface area contributed by atoms with Crippen molar-refractivity contribution in [2.24, 2.45) is 22.6 Å². The van der Waals surface area contributed by atoms with Crippen LogP contribution in [0.4, 0.5) is 0 Å². The quantitative estimate of drug-likeness (QED) is 0.403. The molecule has 5 heteroatoms. The van der Waals surface area contributed by atoms with E-state index in [9.17, 15) is 0 Å². The van der Waals surface area contributed by atoms with Gasteiger partial charge in [-0.3, -0.25) is 4.99 Å². The molecule has 116 valence electrons. The number of rotatable bonds is 8. The molecule has 0 bridgehead atoms. The van der Waals surface area contributed by atoms with E-state index in [0.29, 0.717) is 11.9 Å². The highest BCUT2D eigenvalue weighted by molar-refractivity contribution is 5.77. The van der Waals surface area contributed by atoms with Gasteiger partial charge in [-0.2, -0.15) is 0 Å². The van der Waals surface area contributed by atoms with Gasteiger partial charge in [0, 0.05) is 39.5 Å². The molecular formula is C15H29N3O2. The SMILES string of the molecule is NC(=NCC1CCC1)NCCCOCC1CCOCC1. The van der Waals surface area contributed by atoms with Crippen LogP contribution >= 0.6 is 0 Å². The van der Waals surface area contributed by atoms with Crippen LogP contribution in [0.2, 0.25) is 0 Å². The predicted octanol–water partition coefficient (Wildman–Crippen LogP) is 1.52. The smallest absolute Gasteiger partial charge is 0.188 e. The highest BCUT2D eigenvalue weighted by atomic mass is 16.5. The second-order valence-electron chi connectivity index (χ2n) is 5.93. The van der Waals surface area contributed by atoms with E-state index in [2.05, 4.69) is 10.3 Å².